The molecule has 1 aromatic carbocycles. The number of nitrogens with two attached hydrogens (primary N) is 1. The van der Waals surface area contributed by atoms with Crippen molar-refractivity contribution in [2.45, 2.75) is 11.4 Å². The summed E-state index contributed by atoms with van der Waals surface area (Å²) in [7, 11) is -2.08. The van der Waals surface area contributed by atoms with Crippen molar-refractivity contribution in [2.75, 3.05) is 12.5 Å². The molecule has 0 radical (unpaired) electrons. The highest BCUT2D eigenvalue weighted by Crippen LogP contribution is 2.23. The van der Waals surface area contributed by atoms with Crippen molar-refractivity contribution in [1.82, 2.24) is 9.29 Å². The van der Waals surface area contributed by atoms with Crippen LogP contribution in [0.1, 0.15) is 5.56 Å². The zero-order valence-electron chi connectivity index (χ0n) is 11.0. The topological polar surface area (TPSA) is 88.3 Å². The lowest BCUT2D eigenvalue weighted by atomic mass is 10.3. The standard InChI is InChI=1S/C13H16N4O2S/c1-17(10-11-6-8-15-9-7-11)20(18,19)13-5-3-2-4-12(13)16-14/h2-9,16H,10,14H2,1H3. The van der Waals surface area contributed by atoms with Gasteiger partial charge < -0.3 is 5.43 Å². The van der Waals surface area contributed by atoms with Gasteiger partial charge in [-0.1, -0.05) is 12.1 Å². The molecule has 3 N–H and O–H groups in total. The normalized spacial score (nSPS) is 11.6. The second kappa shape index (κ2) is 6.00. The molecule has 0 unspecified atom stereocenters. The molecule has 1 aromatic heterocycles. The van der Waals surface area contributed by atoms with E-state index in [0.717, 1.165) is 5.56 Å². The van der Waals surface area contributed by atoms with Crippen LogP contribution < -0.4 is 11.3 Å². The first kappa shape index (κ1) is 14.4. The van der Waals surface area contributed by atoms with E-state index in [1.807, 2.05) is 0 Å². The van der Waals surface area contributed by atoms with Gasteiger partial charge in [0.15, 0.2) is 0 Å². The van der Waals surface area contributed by atoms with E-state index in [0.29, 0.717) is 5.69 Å². The van der Waals surface area contributed by atoms with E-state index in [-0.39, 0.29) is 11.4 Å². The van der Waals surface area contributed by atoms with Crippen molar-refractivity contribution in [1.29, 1.82) is 0 Å². The summed E-state index contributed by atoms with van der Waals surface area (Å²) >= 11 is 0. The van der Waals surface area contributed by atoms with Gasteiger partial charge >= 0.3 is 0 Å². The number of nitrogen functional groups attached to an aromatic ring is 1. The number of hydrogen-bond acceptors (Lipinski definition) is 5. The molecule has 0 aliphatic heterocycles. The predicted molar refractivity (Wildman–Crippen MR) is 77.1 cm³/mol. The summed E-state index contributed by atoms with van der Waals surface area (Å²) in [5.41, 5.74) is 3.64. The Morgan fingerprint density at radius 3 is 2.50 bits per heavy atom. The van der Waals surface area contributed by atoms with Gasteiger partial charge in [0.05, 0.1) is 5.69 Å². The van der Waals surface area contributed by atoms with Crippen molar-refractivity contribution in [3.63, 3.8) is 0 Å². The van der Waals surface area contributed by atoms with Gasteiger partial charge in [0.2, 0.25) is 10.0 Å². The molecule has 0 atom stereocenters. The molecule has 0 bridgehead atoms. The smallest absolute Gasteiger partial charge is 0.245 e. The van der Waals surface area contributed by atoms with Crippen LogP contribution in [0.15, 0.2) is 53.7 Å². The molecule has 2 aromatic rings. The average molecular weight is 292 g/mol. The molecule has 0 fully saturated rings. The summed E-state index contributed by atoms with van der Waals surface area (Å²) in [6.45, 7) is 0.268. The lowest BCUT2D eigenvalue weighted by molar-refractivity contribution is 0.467. The Kier molecular flexibility index (Phi) is 4.33. The number of aromatic nitrogens is 1. The Labute approximate surface area is 118 Å². The van der Waals surface area contributed by atoms with Crippen LogP contribution in [0.5, 0.6) is 0 Å². The molecule has 1 heterocycles. The Hall–Kier alpha value is -1.96. The maximum Gasteiger partial charge on any atom is 0.245 e. The minimum absolute atomic E-state index is 0.152. The molecule has 0 saturated heterocycles. The van der Waals surface area contributed by atoms with Crippen LogP contribution in [0.3, 0.4) is 0 Å². The molecule has 7 heteroatoms. The Bertz CT molecular complexity index is 674. The fourth-order valence-corrected chi connectivity index (χ4v) is 3.12. The van der Waals surface area contributed by atoms with E-state index in [9.17, 15) is 8.42 Å². The van der Waals surface area contributed by atoms with Crippen LogP contribution in [0.4, 0.5) is 5.69 Å². The Morgan fingerprint density at radius 1 is 1.20 bits per heavy atom. The van der Waals surface area contributed by atoms with Gasteiger partial charge in [-0.2, -0.15) is 4.31 Å². The van der Waals surface area contributed by atoms with E-state index >= 15 is 0 Å². The fraction of sp³-hybridized carbons (Fsp3) is 0.154. The van der Waals surface area contributed by atoms with Crippen LogP contribution in [-0.2, 0) is 16.6 Å². The Balaban J connectivity index is 2.30. The van der Waals surface area contributed by atoms with Crippen LogP contribution in [-0.4, -0.2) is 24.8 Å². The number of anilines is 1. The van der Waals surface area contributed by atoms with Crippen molar-refractivity contribution in [3.05, 3.63) is 54.4 Å². The molecule has 106 valence electrons. The first-order chi connectivity index (χ1) is 9.55. The van der Waals surface area contributed by atoms with Crippen LogP contribution in [0, 0.1) is 0 Å². The minimum Gasteiger partial charge on any atom is -0.323 e. The van der Waals surface area contributed by atoms with Gasteiger partial charge in [0, 0.05) is 26.0 Å². The van der Waals surface area contributed by atoms with Crippen molar-refractivity contribution in [3.8, 4) is 0 Å². The van der Waals surface area contributed by atoms with Crippen molar-refractivity contribution >= 4 is 15.7 Å². The molecule has 0 aliphatic carbocycles. The quantitative estimate of drug-likeness (QED) is 0.638. The lowest BCUT2D eigenvalue weighted by Gasteiger charge is -2.19. The molecular formula is C13H16N4O2S. The van der Waals surface area contributed by atoms with Gasteiger partial charge in [-0.05, 0) is 29.8 Å². The average Bonchev–Trinajstić information content (AvgIpc) is 2.48. The van der Waals surface area contributed by atoms with Crippen LogP contribution >= 0.6 is 0 Å². The van der Waals surface area contributed by atoms with E-state index in [4.69, 9.17) is 5.84 Å². The summed E-state index contributed by atoms with van der Waals surface area (Å²) in [6.07, 6.45) is 3.26. The van der Waals surface area contributed by atoms with E-state index in [1.54, 1.807) is 42.7 Å². The SMILES string of the molecule is CN(Cc1ccncc1)S(=O)(=O)c1ccccc1NN. The number of sulfonamides is 1. The predicted octanol–water partition coefficient (Wildman–Crippen LogP) is 1.19. The molecular weight excluding hydrogens is 276 g/mol. The molecule has 2 rings (SSSR count). The van der Waals surface area contributed by atoms with Gasteiger partial charge in [-0.3, -0.25) is 10.8 Å². The largest absolute Gasteiger partial charge is 0.323 e. The van der Waals surface area contributed by atoms with Gasteiger partial charge in [0.25, 0.3) is 0 Å². The van der Waals surface area contributed by atoms with Crippen LogP contribution in [0.2, 0.25) is 0 Å². The van der Waals surface area contributed by atoms with E-state index in [1.165, 1.54) is 17.4 Å². The minimum atomic E-state index is -3.61. The first-order valence-electron chi connectivity index (χ1n) is 5.96. The van der Waals surface area contributed by atoms with Gasteiger partial charge in [-0.15, -0.1) is 0 Å². The highest BCUT2D eigenvalue weighted by molar-refractivity contribution is 7.89. The number of nitrogens with one attached hydrogen (secondary N) is 1. The second-order valence-electron chi connectivity index (χ2n) is 4.26. The monoisotopic (exact) mass is 292 g/mol. The van der Waals surface area contributed by atoms with E-state index in [2.05, 4.69) is 10.4 Å². The summed E-state index contributed by atoms with van der Waals surface area (Å²) in [5, 5.41) is 0. The summed E-state index contributed by atoms with van der Waals surface area (Å²) in [6, 6.07) is 10.1. The molecule has 0 aliphatic rings. The number of rotatable bonds is 5. The van der Waals surface area contributed by atoms with Gasteiger partial charge in [-0.25, -0.2) is 8.42 Å². The number of benzene rings is 1. The first-order valence-corrected chi connectivity index (χ1v) is 7.40. The lowest BCUT2D eigenvalue weighted by Crippen LogP contribution is -2.27. The van der Waals surface area contributed by atoms with Crippen molar-refractivity contribution < 1.29 is 8.42 Å². The van der Waals surface area contributed by atoms with Crippen LogP contribution in [0.25, 0.3) is 0 Å². The summed E-state index contributed by atoms with van der Waals surface area (Å²) in [5.74, 6) is 5.36. The van der Waals surface area contributed by atoms with Gasteiger partial charge in [0.1, 0.15) is 4.90 Å². The number of hydrazine groups is 1. The third-order valence-corrected chi connectivity index (χ3v) is 4.75. The second-order valence-corrected chi connectivity index (χ2v) is 6.27. The number of nitrogens with zero attached hydrogens (tertiary/aromatic N) is 2. The highest BCUT2D eigenvalue weighted by Gasteiger charge is 2.23. The van der Waals surface area contributed by atoms with E-state index < -0.39 is 10.0 Å². The maximum absolute atomic E-state index is 12.5. The third kappa shape index (κ3) is 2.96. The number of hydrogen-bond donors (Lipinski definition) is 2. The Morgan fingerprint density at radius 2 is 1.85 bits per heavy atom. The zero-order chi connectivity index (χ0) is 14.6. The third-order valence-electron chi connectivity index (χ3n) is 2.89. The highest BCUT2D eigenvalue weighted by atomic mass is 32.2. The molecule has 0 amide bonds. The molecule has 0 spiro atoms. The molecule has 20 heavy (non-hydrogen) atoms. The maximum atomic E-state index is 12.5. The summed E-state index contributed by atoms with van der Waals surface area (Å²) in [4.78, 5) is 4.06. The molecule has 0 saturated carbocycles. The van der Waals surface area contributed by atoms with Crippen molar-refractivity contribution in [2.24, 2.45) is 5.84 Å². The number of pyridine rings is 1. The zero-order valence-corrected chi connectivity index (χ0v) is 11.8. The fourth-order valence-electron chi connectivity index (χ4n) is 1.81. The number of para-hydroxylation sites is 1. The summed E-state index contributed by atoms with van der Waals surface area (Å²) < 4.78 is 26.3. The molecule has 6 nitrogen and oxygen atoms in total.